The lowest BCUT2D eigenvalue weighted by Gasteiger charge is -2.08. The lowest BCUT2D eigenvalue weighted by molar-refractivity contribution is 0.413. The molecule has 0 fully saturated rings. The molecule has 0 radical (unpaired) electrons. The van der Waals surface area contributed by atoms with Crippen molar-refractivity contribution in [3.63, 3.8) is 0 Å². The molecule has 3 aromatic carbocycles. The van der Waals surface area contributed by atoms with Crippen molar-refractivity contribution in [3.8, 4) is 17.2 Å². The minimum absolute atomic E-state index is 0.0964. The number of sulfone groups is 1. The van der Waals surface area contributed by atoms with E-state index in [2.05, 4.69) is 0 Å². The zero-order valence-electron chi connectivity index (χ0n) is 30.5. The lowest BCUT2D eigenvalue weighted by Crippen LogP contribution is -2.02. The molecule has 0 aliphatic rings. The van der Waals surface area contributed by atoms with Crippen LogP contribution < -0.4 is 9.47 Å². The summed E-state index contributed by atoms with van der Waals surface area (Å²) < 4.78 is 121. The Hall–Kier alpha value is -3.06. The highest BCUT2D eigenvalue weighted by Gasteiger charge is 2.17. The van der Waals surface area contributed by atoms with E-state index in [1.54, 1.807) is 79.9 Å². The number of ether oxygens (including phenoxy) is 2. The molecule has 0 saturated carbocycles. The highest BCUT2D eigenvalue weighted by atomic mass is 32.2. The molecule has 3 rings (SSSR count). The summed E-state index contributed by atoms with van der Waals surface area (Å²) in [4.78, 5) is 0.514. The normalized spacial score (nSPS) is 11.5. The van der Waals surface area contributed by atoms with Crippen molar-refractivity contribution in [2.75, 3.05) is 24.4 Å². The number of methoxy groups -OCH3 is 1. The standard InChI is InChI=1S/C20H18O4S.3C5H12O3S/c1-15-3-11-19(12-4-15)25(21,22)20-13-9-18(10-14-20)24-17-7-5-16(23-2)6-8-17;3*1-2-3-4-5-9(6,7)8/h3-14H,1-2H3;3*2-5H2,1H3,(H,6,7,8). The van der Waals surface area contributed by atoms with Crippen molar-refractivity contribution < 1.29 is 56.8 Å². The van der Waals surface area contributed by atoms with Gasteiger partial charge >= 0.3 is 0 Å². The number of unbranched alkanes of at least 4 members (excludes halogenated alkanes) is 6. The second-order valence-corrected chi connectivity index (χ2v) is 18.2. The van der Waals surface area contributed by atoms with Gasteiger partial charge in [-0.1, -0.05) is 77.0 Å². The average Bonchev–Trinajstić information content (AvgIpc) is 3.05. The maximum Gasteiger partial charge on any atom is 0.264 e. The predicted octanol–water partition coefficient (Wildman–Crippen LogP) is 7.82. The minimum Gasteiger partial charge on any atom is -0.497 e. The summed E-state index contributed by atoms with van der Waals surface area (Å²) in [6.45, 7) is 7.85. The summed E-state index contributed by atoms with van der Waals surface area (Å²) in [5.41, 5.74) is 1.02. The second-order valence-electron chi connectivity index (χ2n) is 11.5. The van der Waals surface area contributed by atoms with Crippen molar-refractivity contribution in [1.82, 2.24) is 0 Å². The molecule has 13 nitrogen and oxygen atoms in total. The lowest BCUT2D eigenvalue weighted by atomic mass is 10.2. The minimum atomic E-state index is -3.70. The van der Waals surface area contributed by atoms with E-state index in [1.165, 1.54) is 0 Å². The van der Waals surface area contributed by atoms with Gasteiger partial charge in [0.1, 0.15) is 17.2 Å². The Morgan fingerprint density at radius 2 is 0.750 bits per heavy atom. The van der Waals surface area contributed by atoms with Gasteiger partial charge < -0.3 is 9.47 Å². The molecule has 0 bridgehead atoms. The van der Waals surface area contributed by atoms with E-state index in [9.17, 15) is 33.7 Å². The van der Waals surface area contributed by atoms with Gasteiger partial charge in [-0.3, -0.25) is 13.7 Å². The van der Waals surface area contributed by atoms with Crippen molar-refractivity contribution in [3.05, 3.63) is 78.4 Å². The molecular formula is C35H54O13S4. The molecule has 0 atom stereocenters. The van der Waals surface area contributed by atoms with E-state index in [4.69, 9.17) is 23.1 Å². The van der Waals surface area contributed by atoms with E-state index in [0.717, 1.165) is 49.8 Å². The molecule has 3 N–H and O–H groups in total. The maximum absolute atomic E-state index is 12.6. The van der Waals surface area contributed by atoms with Gasteiger partial charge in [0, 0.05) is 0 Å². The molecule has 296 valence electrons. The summed E-state index contributed by atoms with van der Waals surface area (Å²) in [5.74, 6) is 1.66. The Kier molecular flexibility index (Phi) is 23.6. The molecule has 0 heterocycles. The molecule has 0 spiro atoms. The third kappa shape index (κ3) is 25.0. The van der Waals surface area contributed by atoms with Crippen LogP contribution in [0.15, 0.2) is 82.6 Å². The first kappa shape index (κ1) is 48.9. The number of rotatable bonds is 17. The Morgan fingerprint density at radius 1 is 0.462 bits per heavy atom. The van der Waals surface area contributed by atoms with Crippen LogP contribution in [0.25, 0.3) is 0 Å². The van der Waals surface area contributed by atoms with Crippen LogP contribution in [0.5, 0.6) is 17.2 Å². The third-order valence-electron chi connectivity index (χ3n) is 6.78. The monoisotopic (exact) mass is 810 g/mol. The van der Waals surface area contributed by atoms with Crippen molar-refractivity contribution >= 4 is 40.2 Å². The van der Waals surface area contributed by atoms with Gasteiger partial charge in [0.15, 0.2) is 0 Å². The predicted molar refractivity (Wildman–Crippen MR) is 204 cm³/mol. The van der Waals surface area contributed by atoms with Crippen LogP contribution in [0.2, 0.25) is 0 Å². The fraction of sp³-hybridized carbons (Fsp3) is 0.486. The Balaban J connectivity index is 0.000000795. The van der Waals surface area contributed by atoms with Gasteiger partial charge in [-0.05, 0) is 86.8 Å². The molecule has 17 heteroatoms. The van der Waals surface area contributed by atoms with Crippen LogP contribution in [0.3, 0.4) is 0 Å². The maximum atomic E-state index is 12.6. The van der Waals surface area contributed by atoms with E-state index in [-0.39, 0.29) is 27.0 Å². The van der Waals surface area contributed by atoms with E-state index in [0.29, 0.717) is 30.8 Å². The van der Waals surface area contributed by atoms with E-state index >= 15 is 0 Å². The first-order valence-electron chi connectivity index (χ1n) is 16.8. The summed E-state index contributed by atoms with van der Waals surface area (Å²) in [5, 5.41) is 0. The molecule has 0 aromatic heterocycles. The molecular weight excluding hydrogens is 757 g/mol. The van der Waals surface area contributed by atoms with Crippen LogP contribution in [0, 0.1) is 6.92 Å². The molecule has 0 amide bonds. The van der Waals surface area contributed by atoms with Crippen molar-refractivity contribution in [2.24, 2.45) is 0 Å². The summed E-state index contributed by atoms with van der Waals surface area (Å²) in [6, 6.07) is 20.4. The summed E-state index contributed by atoms with van der Waals surface area (Å²) in [7, 11) is -13.0. The van der Waals surface area contributed by atoms with Crippen LogP contribution in [-0.4, -0.2) is 71.7 Å². The van der Waals surface area contributed by atoms with Crippen LogP contribution in [0.1, 0.15) is 84.1 Å². The largest absolute Gasteiger partial charge is 0.497 e. The molecule has 0 saturated heterocycles. The zero-order valence-corrected chi connectivity index (χ0v) is 33.7. The summed E-state index contributed by atoms with van der Waals surface area (Å²) >= 11 is 0. The third-order valence-corrected chi connectivity index (χ3v) is 11.0. The van der Waals surface area contributed by atoms with Crippen LogP contribution >= 0.6 is 0 Å². The summed E-state index contributed by atoms with van der Waals surface area (Å²) in [6.07, 6.45) is 7.18. The second kappa shape index (κ2) is 25.0. The first-order valence-corrected chi connectivity index (χ1v) is 23.1. The SMILES string of the molecule is CCCCCS(=O)(=O)O.CCCCCS(=O)(=O)O.CCCCCS(=O)(=O)O.COc1ccc(Oc2ccc(S(=O)(=O)c3ccc(C)cc3)cc2)cc1. The fourth-order valence-corrected chi connectivity index (χ4v) is 6.89. The van der Waals surface area contributed by atoms with Gasteiger partial charge in [0.2, 0.25) is 9.84 Å². The molecule has 3 aromatic rings. The molecule has 0 unspecified atom stereocenters. The first-order chi connectivity index (χ1) is 24.2. The molecule has 0 aliphatic heterocycles. The smallest absolute Gasteiger partial charge is 0.264 e. The Bertz CT molecular complexity index is 1750. The molecule has 0 aliphatic carbocycles. The van der Waals surface area contributed by atoms with Gasteiger partial charge in [-0.15, -0.1) is 0 Å². The van der Waals surface area contributed by atoms with Gasteiger partial charge in [-0.2, -0.15) is 25.3 Å². The van der Waals surface area contributed by atoms with Crippen LogP contribution in [0.4, 0.5) is 0 Å². The quantitative estimate of drug-likeness (QED) is 0.0877. The van der Waals surface area contributed by atoms with Crippen LogP contribution in [-0.2, 0) is 40.2 Å². The van der Waals surface area contributed by atoms with E-state index < -0.39 is 40.2 Å². The number of hydrogen-bond acceptors (Lipinski definition) is 10. The number of aryl methyl sites for hydroxylation is 1. The van der Waals surface area contributed by atoms with E-state index in [1.807, 2.05) is 27.7 Å². The highest BCUT2D eigenvalue weighted by Crippen LogP contribution is 2.27. The highest BCUT2D eigenvalue weighted by molar-refractivity contribution is 7.91. The van der Waals surface area contributed by atoms with Gasteiger partial charge in [0.25, 0.3) is 30.4 Å². The Labute approximate surface area is 311 Å². The topological polar surface area (TPSA) is 216 Å². The number of hydrogen-bond donors (Lipinski definition) is 3. The number of benzene rings is 3. The molecule has 52 heavy (non-hydrogen) atoms. The zero-order chi connectivity index (χ0) is 39.8. The average molecular weight is 811 g/mol. The van der Waals surface area contributed by atoms with Gasteiger partial charge in [0.05, 0.1) is 34.2 Å². The van der Waals surface area contributed by atoms with Gasteiger partial charge in [-0.25, -0.2) is 8.42 Å². The van der Waals surface area contributed by atoms with Crippen molar-refractivity contribution in [2.45, 2.75) is 95.3 Å². The fourth-order valence-electron chi connectivity index (χ4n) is 3.92. The van der Waals surface area contributed by atoms with Crippen molar-refractivity contribution in [1.29, 1.82) is 0 Å². The Morgan fingerprint density at radius 3 is 1.04 bits per heavy atom.